The molecule has 1 saturated carbocycles. The minimum atomic E-state index is -0.0632. The summed E-state index contributed by atoms with van der Waals surface area (Å²) in [4.78, 5) is 16.4. The molecule has 0 aromatic carbocycles. The van der Waals surface area contributed by atoms with Gasteiger partial charge in [0.25, 0.3) is 0 Å². The van der Waals surface area contributed by atoms with Crippen LogP contribution in [0.2, 0.25) is 0 Å². The van der Waals surface area contributed by atoms with Gasteiger partial charge in [0.05, 0.1) is 6.54 Å². The van der Waals surface area contributed by atoms with Gasteiger partial charge in [-0.15, -0.1) is 10.2 Å². The molecule has 0 unspecified atom stereocenters. The molecule has 2 aliphatic heterocycles. The highest BCUT2D eigenvalue weighted by Crippen LogP contribution is 2.39. The lowest BCUT2D eigenvalue weighted by Gasteiger charge is -2.24. The van der Waals surface area contributed by atoms with E-state index in [0.29, 0.717) is 24.4 Å². The molecule has 1 aliphatic carbocycles. The monoisotopic (exact) mass is 320 g/mol. The number of hydrogen-bond acceptors (Lipinski definition) is 7. The van der Waals surface area contributed by atoms with Gasteiger partial charge >= 0.3 is 5.97 Å². The maximum Gasteiger partial charge on any atom is 0.323 e. The van der Waals surface area contributed by atoms with Crippen molar-refractivity contribution in [3.8, 4) is 0 Å². The van der Waals surface area contributed by atoms with E-state index in [1.807, 2.05) is 6.92 Å². The third-order valence-corrected chi connectivity index (χ3v) is 5.20. The molecule has 7 nitrogen and oxygen atoms in total. The molecule has 1 aromatic rings. The fourth-order valence-corrected chi connectivity index (χ4v) is 3.61. The Bertz CT molecular complexity index is 586. The molecule has 2 saturated heterocycles. The van der Waals surface area contributed by atoms with E-state index in [1.54, 1.807) is 0 Å². The first-order valence-corrected chi connectivity index (χ1v) is 8.57. The number of esters is 1. The summed E-state index contributed by atoms with van der Waals surface area (Å²) in [5.41, 5.74) is 0. The van der Waals surface area contributed by atoms with Crippen LogP contribution in [-0.4, -0.2) is 64.3 Å². The zero-order valence-electron chi connectivity index (χ0n) is 13.8. The van der Waals surface area contributed by atoms with Crippen LogP contribution in [0.15, 0.2) is 4.42 Å². The topological polar surface area (TPSA) is 71.7 Å². The van der Waals surface area contributed by atoms with Gasteiger partial charge in [0.1, 0.15) is 12.1 Å². The summed E-state index contributed by atoms with van der Waals surface area (Å²) in [6.07, 6.45) is 4.25. The van der Waals surface area contributed by atoms with Crippen LogP contribution in [0.5, 0.6) is 0 Å². The van der Waals surface area contributed by atoms with Crippen molar-refractivity contribution in [3.63, 3.8) is 0 Å². The second-order valence-corrected chi connectivity index (χ2v) is 7.16. The number of likely N-dealkylation sites (tertiary alicyclic amines) is 1. The van der Waals surface area contributed by atoms with Crippen molar-refractivity contribution in [2.75, 3.05) is 20.1 Å². The van der Waals surface area contributed by atoms with E-state index in [1.165, 1.54) is 12.8 Å². The van der Waals surface area contributed by atoms with E-state index in [-0.39, 0.29) is 18.1 Å². The van der Waals surface area contributed by atoms with Crippen LogP contribution >= 0.6 is 0 Å². The Hall–Kier alpha value is -1.47. The number of ether oxygens (including phenoxy) is 1. The number of carbonyl (C=O) groups excluding carboxylic acids is 1. The number of nitrogens with zero attached hydrogens (tertiary/aromatic N) is 4. The molecule has 3 atom stereocenters. The number of aromatic nitrogens is 2. The van der Waals surface area contributed by atoms with Gasteiger partial charge in [-0.2, -0.15) is 0 Å². The highest BCUT2D eigenvalue weighted by atomic mass is 16.6. The summed E-state index contributed by atoms with van der Waals surface area (Å²) in [7, 11) is 2.09. The lowest BCUT2D eigenvalue weighted by Crippen LogP contribution is -2.40. The lowest BCUT2D eigenvalue weighted by molar-refractivity contribution is -0.144. The molecule has 1 aromatic heterocycles. The van der Waals surface area contributed by atoms with Gasteiger partial charge in [-0.05, 0) is 33.2 Å². The highest BCUT2D eigenvalue weighted by molar-refractivity contribution is 5.78. The molecular formula is C16H24N4O3. The fraction of sp³-hybridized carbons (Fsp3) is 0.812. The van der Waals surface area contributed by atoms with Crippen molar-refractivity contribution in [3.05, 3.63) is 11.8 Å². The number of hydrogen-bond donors (Lipinski definition) is 0. The van der Waals surface area contributed by atoms with Crippen molar-refractivity contribution >= 4 is 5.97 Å². The second-order valence-electron chi connectivity index (χ2n) is 7.16. The summed E-state index contributed by atoms with van der Waals surface area (Å²) in [6.45, 7) is 4.47. The van der Waals surface area contributed by atoms with Gasteiger partial charge in [0.2, 0.25) is 11.8 Å². The van der Waals surface area contributed by atoms with E-state index < -0.39 is 0 Å². The smallest absolute Gasteiger partial charge is 0.323 e. The third-order valence-electron chi connectivity index (χ3n) is 5.20. The molecule has 0 amide bonds. The first kappa shape index (κ1) is 15.1. The summed E-state index contributed by atoms with van der Waals surface area (Å²) in [6, 6.07) is 0.350. The van der Waals surface area contributed by atoms with Gasteiger partial charge < -0.3 is 9.15 Å². The quantitative estimate of drug-likeness (QED) is 0.754. The number of carbonyl (C=O) groups is 1. The summed E-state index contributed by atoms with van der Waals surface area (Å²) >= 11 is 0. The molecule has 0 N–H and O–H groups in total. The molecule has 3 aliphatic rings. The Morgan fingerprint density at radius 1 is 1.30 bits per heavy atom. The zero-order chi connectivity index (χ0) is 16.0. The minimum absolute atomic E-state index is 0.0449. The fourth-order valence-electron chi connectivity index (χ4n) is 3.61. The van der Waals surface area contributed by atoms with Gasteiger partial charge in [-0.25, -0.2) is 0 Å². The molecule has 0 bridgehead atoms. The molecule has 7 heteroatoms. The average Bonchev–Trinajstić information content (AvgIpc) is 2.94. The van der Waals surface area contributed by atoms with Gasteiger partial charge in [-0.1, -0.05) is 0 Å². The van der Waals surface area contributed by atoms with E-state index >= 15 is 0 Å². The van der Waals surface area contributed by atoms with E-state index in [9.17, 15) is 4.79 Å². The Morgan fingerprint density at radius 2 is 2.13 bits per heavy atom. The molecule has 3 heterocycles. The summed E-state index contributed by atoms with van der Waals surface area (Å²) < 4.78 is 11.0. The minimum Gasteiger partial charge on any atom is -0.461 e. The van der Waals surface area contributed by atoms with Crippen LogP contribution in [0.4, 0.5) is 0 Å². The summed E-state index contributed by atoms with van der Waals surface area (Å²) in [5.74, 6) is 1.93. The first-order chi connectivity index (χ1) is 11.1. The Balaban J connectivity index is 1.32. The Kier molecular flexibility index (Phi) is 3.85. The number of rotatable bonds is 5. The average molecular weight is 320 g/mol. The standard InChI is InChI=1S/C16H24N4O3/c1-10-7-13(16(21)22-10)20-6-5-12(8-20)19(2)9-14-17-18-15(23-14)11-3-4-11/h10-13H,3-9H2,1-2H3/t10-,12+,13+/m1/s1. The van der Waals surface area contributed by atoms with E-state index in [2.05, 4.69) is 27.0 Å². The highest BCUT2D eigenvalue weighted by Gasteiger charge is 2.40. The number of likely N-dealkylation sites (N-methyl/N-ethyl adjacent to an activating group) is 1. The predicted octanol–water partition coefficient (Wildman–Crippen LogP) is 1.16. The Morgan fingerprint density at radius 3 is 2.83 bits per heavy atom. The first-order valence-electron chi connectivity index (χ1n) is 8.57. The maximum absolute atomic E-state index is 11.9. The summed E-state index contributed by atoms with van der Waals surface area (Å²) in [5, 5.41) is 8.30. The van der Waals surface area contributed by atoms with Crippen molar-refractivity contribution in [2.45, 2.75) is 63.3 Å². The molecule has 23 heavy (non-hydrogen) atoms. The van der Waals surface area contributed by atoms with Crippen LogP contribution < -0.4 is 0 Å². The maximum atomic E-state index is 11.9. The van der Waals surface area contributed by atoms with Crippen molar-refractivity contribution in [1.29, 1.82) is 0 Å². The second kappa shape index (κ2) is 5.87. The normalized spacial score (nSPS) is 32.0. The molecule has 4 rings (SSSR count). The molecule has 0 radical (unpaired) electrons. The van der Waals surface area contributed by atoms with Crippen molar-refractivity contribution in [2.24, 2.45) is 0 Å². The largest absolute Gasteiger partial charge is 0.461 e. The molecular weight excluding hydrogens is 296 g/mol. The van der Waals surface area contributed by atoms with Crippen molar-refractivity contribution < 1.29 is 13.9 Å². The van der Waals surface area contributed by atoms with Crippen LogP contribution in [0.3, 0.4) is 0 Å². The van der Waals surface area contributed by atoms with E-state index in [4.69, 9.17) is 9.15 Å². The van der Waals surface area contributed by atoms with Crippen LogP contribution in [0.25, 0.3) is 0 Å². The zero-order valence-corrected chi connectivity index (χ0v) is 13.8. The number of cyclic esters (lactones) is 1. The van der Waals surface area contributed by atoms with Gasteiger partial charge in [-0.3, -0.25) is 14.6 Å². The molecule has 126 valence electrons. The predicted molar refractivity (Wildman–Crippen MR) is 81.7 cm³/mol. The molecule has 0 spiro atoms. The van der Waals surface area contributed by atoms with Crippen LogP contribution in [-0.2, 0) is 16.1 Å². The molecule has 3 fully saturated rings. The third kappa shape index (κ3) is 3.12. The van der Waals surface area contributed by atoms with Gasteiger partial charge in [0, 0.05) is 31.5 Å². The van der Waals surface area contributed by atoms with Crippen LogP contribution in [0.1, 0.15) is 50.3 Å². The van der Waals surface area contributed by atoms with E-state index in [0.717, 1.165) is 31.8 Å². The Labute approximate surface area is 136 Å². The van der Waals surface area contributed by atoms with Crippen LogP contribution in [0, 0.1) is 0 Å². The SMILES string of the molecule is C[C@@H]1C[C@H](N2CC[C@H](N(C)Cc3nnc(C4CC4)o3)C2)C(=O)O1. The van der Waals surface area contributed by atoms with Crippen molar-refractivity contribution in [1.82, 2.24) is 20.0 Å². The lowest BCUT2D eigenvalue weighted by atomic mass is 10.1. The van der Waals surface area contributed by atoms with Gasteiger partial charge in [0.15, 0.2) is 0 Å².